The Balaban J connectivity index is 1.35. The van der Waals surface area contributed by atoms with Crippen LogP contribution in [-0.2, 0) is 19.0 Å². The minimum atomic E-state index is -0.0916. The van der Waals surface area contributed by atoms with Crippen LogP contribution in [0.3, 0.4) is 0 Å². The van der Waals surface area contributed by atoms with E-state index >= 15 is 0 Å². The maximum atomic E-state index is 12.5. The summed E-state index contributed by atoms with van der Waals surface area (Å²) in [6.45, 7) is 5.61. The molecule has 150 valence electrons. The number of carbonyl (C=O) groups excluding carboxylic acids is 1. The van der Waals surface area contributed by atoms with Gasteiger partial charge in [-0.15, -0.1) is 0 Å². The van der Waals surface area contributed by atoms with E-state index in [9.17, 15) is 4.79 Å². The summed E-state index contributed by atoms with van der Waals surface area (Å²) in [5.41, 5.74) is 0. The number of cyclic esters (lactones) is 1. The van der Waals surface area contributed by atoms with Gasteiger partial charge in [-0.05, 0) is 43.9 Å². The molecule has 0 aromatic carbocycles. The fourth-order valence-electron chi connectivity index (χ4n) is 5.09. The third-order valence-electron chi connectivity index (χ3n) is 6.84. The highest BCUT2D eigenvalue weighted by Gasteiger charge is 2.38. The third kappa shape index (κ3) is 5.45. The average Bonchev–Trinajstić information content (AvgIpc) is 2.68. The highest BCUT2D eigenvalue weighted by Crippen LogP contribution is 2.36. The Bertz CT molecular complexity index is 422. The monoisotopic (exact) mass is 366 g/mol. The summed E-state index contributed by atoms with van der Waals surface area (Å²) >= 11 is 0. The highest BCUT2D eigenvalue weighted by molar-refractivity contribution is 5.73. The maximum absolute atomic E-state index is 12.5. The molecule has 0 aromatic heterocycles. The number of esters is 1. The van der Waals surface area contributed by atoms with Gasteiger partial charge in [0.05, 0.1) is 19.1 Å². The second-order valence-corrected chi connectivity index (χ2v) is 8.76. The van der Waals surface area contributed by atoms with E-state index in [-0.39, 0.29) is 30.2 Å². The third-order valence-corrected chi connectivity index (χ3v) is 6.84. The quantitative estimate of drug-likeness (QED) is 0.588. The van der Waals surface area contributed by atoms with Crippen molar-refractivity contribution in [3.63, 3.8) is 0 Å². The largest absolute Gasteiger partial charge is 0.462 e. The van der Waals surface area contributed by atoms with Crippen molar-refractivity contribution in [1.29, 1.82) is 0 Å². The molecule has 2 heterocycles. The molecule has 0 spiro atoms. The van der Waals surface area contributed by atoms with E-state index in [1.807, 2.05) is 0 Å². The van der Waals surface area contributed by atoms with Crippen LogP contribution in [0.15, 0.2) is 0 Å². The average molecular weight is 367 g/mol. The lowest BCUT2D eigenvalue weighted by Crippen LogP contribution is -2.42. The fraction of sp³-hybridized carbons (Fsp3) is 0.955. The number of rotatable bonds is 7. The molecule has 3 aliphatic rings. The van der Waals surface area contributed by atoms with Crippen LogP contribution in [0.25, 0.3) is 0 Å². The Morgan fingerprint density at radius 1 is 0.846 bits per heavy atom. The van der Waals surface area contributed by atoms with Gasteiger partial charge in [-0.3, -0.25) is 4.79 Å². The van der Waals surface area contributed by atoms with E-state index in [0.29, 0.717) is 13.2 Å². The smallest absolute Gasteiger partial charge is 0.309 e. The lowest BCUT2D eigenvalue weighted by Gasteiger charge is -2.37. The standard InChI is InChI=1S/C22H38O4/c1-3-5-16-6-8-17(9-7-16)10-11-19-12-13-20(22(23)26-19)18-14-24-21(4-2)25-15-18/h16-21H,3-15H2,1-2H3. The Kier molecular flexibility index (Phi) is 7.80. The normalized spacial score (nSPS) is 38.8. The van der Waals surface area contributed by atoms with Crippen LogP contribution >= 0.6 is 0 Å². The van der Waals surface area contributed by atoms with Crippen molar-refractivity contribution in [2.75, 3.05) is 13.2 Å². The van der Waals surface area contributed by atoms with E-state index in [1.165, 1.54) is 44.9 Å². The van der Waals surface area contributed by atoms with Gasteiger partial charge in [-0.1, -0.05) is 52.4 Å². The second kappa shape index (κ2) is 10.1. The van der Waals surface area contributed by atoms with E-state index in [2.05, 4.69) is 13.8 Å². The molecule has 1 saturated carbocycles. The topological polar surface area (TPSA) is 44.8 Å². The molecular weight excluding hydrogens is 328 g/mol. The van der Waals surface area contributed by atoms with Crippen molar-refractivity contribution in [2.24, 2.45) is 23.7 Å². The molecule has 0 bridgehead atoms. The highest BCUT2D eigenvalue weighted by atomic mass is 16.7. The van der Waals surface area contributed by atoms with Gasteiger partial charge in [0, 0.05) is 5.92 Å². The molecule has 1 aliphatic carbocycles. The van der Waals surface area contributed by atoms with Crippen molar-refractivity contribution in [1.82, 2.24) is 0 Å². The van der Waals surface area contributed by atoms with E-state index in [0.717, 1.165) is 37.5 Å². The minimum Gasteiger partial charge on any atom is -0.462 e. The zero-order valence-electron chi connectivity index (χ0n) is 16.8. The molecule has 2 saturated heterocycles. The van der Waals surface area contributed by atoms with Crippen molar-refractivity contribution in [3.8, 4) is 0 Å². The molecule has 26 heavy (non-hydrogen) atoms. The SMILES string of the molecule is CCCC1CCC(CCC2CCC(C3COC(CC)OC3)C(=O)O2)CC1. The molecule has 0 radical (unpaired) electrons. The van der Waals surface area contributed by atoms with Crippen molar-refractivity contribution >= 4 is 5.97 Å². The first-order valence-corrected chi connectivity index (χ1v) is 11.1. The molecule has 4 nitrogen and oxygen atoms in total. The van der Waals surface area contributed by atoms with E-state index in [1.54, 1.807) is 0 Å². The molecule has 0 aromatic rings. The molecule has 2 atom stereocenters. The van der Waals surface area contributed by atoms with Gasteiger partial charge >= 0.3 is 5.97 Å². The van der Waals surface area contributed by atoms with Crippen LogP contribution in [0.2, 0.25) is 0 Å². The molecule has 2 unspecified atom stereocenters. The summed E-state index contributed by atoms with van der Waals surface area (Å²) in [6.07, 6.45) is 13.4. The summed E-state index contributed by atoms with van der Waals surface area (Å²) in [7, 11) is 0. The lowest BCUT2D eigenvalue weighted by atomic mass is 9.77. The number of ether oxygens (including phenoxy) is 3. The molecule has 3 fully saturated rings. The lowest BCUT2D eigenvalue weighted by molar-refractivity contribution is -0.216. The van der Waals surface area contributed by atoms with Gasteiger partial charge in [0.15, 0.2) is 6.29 Å². The Morgan fingerprint density at radius 3 is 2.08 bits per heavy atom. The summed E-state index contributed by atoms with van der Waals surface area (Å²) in [4.78, 5) is 12.5. The molecule has 0 amide bonds. The second-order valence-electron chi connectivity index (χ2n) is 8.76. The van der Waals surface area contributed by atoms with E-state index in [4.69, 9.17) is 14.2 Å². The molecule has 3 rings (SSSR count). The molecular formula is C22H38O4. The zero-order chi connectivity index (χ0) is 18.4. The van der Waals surface area contributed by atoms with Gasteiger partial charge < -0.3 is 14.2 Å². The number of hydrogen-bond donors (Lipinski definition) is 0. The van der Waals surface area contributed by atoms with Crippen LogP contribution in [-0.4, -0.2) is 31.6 Å². The number of hydrogen-bond acceptors (Lipinski definition) is 4. The Morgan fingerprint density at radius 2 is 1.50 bits per heavy atom. The fourth-order valence-corrected chi connectivity index (χ4v) is 5.09. The van der Waals surface area contributed by atoms with Gasteiger partial charge in [-0.25, -0.2) is 0 Å². The first-order chi connectivity index (χ1) is 12.7. The van der Waals surface area contributed by atoms with Crippen LogP contribution in [0.5, 0.6) is 0 Å². The van der Waals surface area contributed by atoms with Crippen LogP contribution in [0, 0.1) is 23.7 Å². The maximum Gasteiger partial charge on any atom is 0.309 e. The first-order valence-electron chi connectivity index (χ1n) is 11.1. The van der Waals surface area contributed by atoms with Gasteiger partial charge in [0.1, 0.15) is 6.10 Å². The Hall–Kier alpha value is -0.610. The van der Waals surface area contributed by atoms with Crippen molar-refractivity contribution in [2.45, 2.75) is 96.9 Å². The van der Waals surface area contributed by atoms with Crippen molar-refractivity contribution < 1.29 is 19.0 Å². The van der Waals surface area contributed by atoms with Crippen LogP contribution in [0.1, 0.15) is 84.5 Å². The predicted molar refractivity (Wildman–Crippen MR) is 102 cm³/mol. The molecule has 2 aliphatic heterocycles. The van der Waals surface area contributed by atoms with Gasteiger partial charge in [0.2, 0.25) is 0 Å². The van der Waals surface area contributed by atoms with E-state index < -0.39 is 0 Å². The van der Waals surface area contributed by atoms with Crippen LogP contribution < -0.4 is 0 Å². The first kappa shape index (κ1) is 20.1. The van der Waals surface area contributed by atoms with Crippen molar-refractivity contribution in [3.05, 3.63) is 0 Å². The summed E-state index contributed by atoms with van der Waals surface area (Å²) in [5.74, 6) is 1.94. The molecule has 4 heteroatoms. The minimum absolute atomic E-state index is 0.0138. The van der Waals surface area contributed by atoms with Gasteiger partial charge in [-0.2, -0.15) is 0 Å². The number of carbonyl (C=O) groups is 1. The summed E-state index contributed by atoms with van der Waals surface area (Å²) in [6, 6.07) is 0. The van der Waals surface area contributed by atoms with Gasteiger partial charge in [0.25, 0.3) is 0 Å². The summed E-state index contributed by atoms with van der Waals surface area (Å²) in [5, 5.41) is 0. The zero-order valence-corrected chi connectivity index (χ0v) is 16.8. The Labute approximate surface area is 159 Å². The van der Waals surface area contributed by atoms with Crippen LogP contribution in [0.4, 0.5) is 0 Å². The predicted octanol–water partition coefficient (Wildman–Crippen LogP) is 5.09. The molecule has 0 N–H and O–H groups in total. The summed E-state index contributed by atoms with van der Waals surface area (Å²) < 4.78 is 17.2.